The Morgan fingerprint density at radius 1 is 0.970 bits per heavy atom. The lowest BCUT2D eigenvalue weighted by atomic mass is 9.98. The molecule has 1 amide bonds. The first-order valence-corrected chi connectivity index (χ1v) is 10.7. The highest BCUT2D eigenvalue weighted by Crippen LogP contribution is 2.44. The Morgan fingerprint density at radius 3 is 2.30 bits per heavy atom. The van der Waals surface area contributed by atoms with E-state index in [1.165, 1.54) is 11.1 Å². The summed E-state index contributed by atoms with van der Waals surface area (Å²) in [7, 11) is 0. The minimum Gasteiger partial charge on any atom is -0.462 e. The molecular formula is C27H24N2O4. The Kier molecular flexibility index (Phi) is 6.61. The van der Waals surface area contributed by atoms with Crippen LogP contribution in [0.2, 0.25) is 0 Å². The Balaban J connectivity index is 1.34. The molecule has 6 heteroatoms. The fourth-order valence-electron chi connectivity index (χ4n) is 3.91. The average Bonchev–Trinajstić information content (AvgIpc) is 3.15. The molecule has 6 nitrogen and oxygen atoms in total. The maximum atomic E-state index is 12.2. The monoisotopic (exact) mass is 440 g/mol. The van der Waals surface area contributed by atoms with Gasteiger partial charge in [0.15, 0.2) is 0 Å². The van der Waals surface area contributed by atoms with Gasteiger partial charge in [-0.15, -0.1) is 0 Å². The summed E-state index contributed by atoms with van der Waals surface area (Å²) >= 11 is 0. The molecule has 4 rings (SSSR count). The molecule has 0 aromatic heterocycles. The Hall–Kier alpha value is -4.24. The number of nitrogens with one attached hydrogen (secondary N) is 1. The number of ether oxygens (including phenoxy) is 2. The van der Waals surface area contributed by atoms with Gasteiger partial charge in [-0.2, -0.15) is 0 Å². The van der Waals surface area contributed by atoms with Crippen molar-refractivity contribution in [1.82, 2.24) is 5.32 Å². The van der Waals surface area contributed by atoms with Gasteiger partial charge in [-0.1, -0.05) is 60.4 Å². The number of hydrogen-bond donors (Lipinski definition) is 2. The zero-order valence-electron chi connectivity index (χ0n) is 18.3. The van der Waals surface area contributed by atoms with Gasteiger partial charge in [-0.25, -0.2) is 9.59 Å². The van der Waals surface area contributed by atoms with E-state index in [-0.39, 0.29) is 25.7 Å². The topological polar surface area (TPSA) is 90.6 Å². The van der Waals surface area contributed by atoms with Crippen LogP contribution in [0.5, 0.6) is 0 Å². The maximum Gasteiger partial charge on any atom is 0.407 e. The van der Waals surface area contributed by atoms with Gasteiger partial charge >= 0.3 is 12.1 Å². The Labute approximate surface area is 192 Å². The highest BCUT2D eigenvalue weighted by atomic mass is 16.5. The number of carbonyl (C=O) groups is 2. The molecule has 0 bridgehead atoms. The second kappa shape index (κ2) is 9.92. The van der Waals surface area contributed by atoms with E-state index in [0.717, 1.165) is 11.1 Å². The summed E-state index contributed by atoms with van der Waals surface area (Å²) in [5.41, 5.74) is 11.9. The predicted molar refractivity (Wildman–Crippen MR) is 127 cm³/mol. The van der Waals surface area contributed by atoms with Crippen molar-refractivity contribution in [3.05, 3.63) is 89.0 Å². The molecule has 1 aliphatic carbocycles. The molecule has 0 fully saturated rings. The normalized spacial score (nSPS) is 11.5. The second-order valence-corrected chi connectivity index (χ2v) is 7.50. The number of alkyl carbamates (subject to hydrolysis) is 1. The van der Waals surface area contributed by atoms with Crippen molar-refractivity contribution in [3.8, 4) is 23.0 Å². The van der Waals surface area contributed by atoms with Crippen LogP contribution in [0.1, 0.15) is 39.9 Å². The molecule has 3 aromatic carbocycles. The third-order valence-electron chi connectivity index (χ3n) is 5.45. The first kappa shape index (κ1) is 22.0. The molecule has 0 saturated carbocycles. The van der Waals surface area contributed by atoms with Gasteiger partial charge in [-0.05, 0) is 47.4 Å². The third-order valence-corrected chi connectivity index (χ3v) is 5.45. The van der Waals surface area contributed by atoms with Gasteiger partial charge in [0.2, 0.25) is 0 Å². The number of rotatable bonds is 5. The van der Waals surface area contributed by atoms with Crippen LogP contribution in [-0.2, 0) is 9.47 Å². The van der Waals surface area contributed by atoms with Gasteiger partial charge in [0.05, 0.1) is 18.7 Å². The lowest BCUT2D eigenvalue weighted by Gasteiger charge is -2.14. The minimum atomic E-state index is -0.542. The molecule has 0 heterocycles. The molecule has 0 aliphatic heterocycles. The van der Waals surface area contributed by atoms with Crippen molar-refractivity contribution < 1.29 is 19.1 Å². The highest BCUT2D eigenvalue weighted by molar-refractivity contribution is 5.90. The predicted octanol–water partition coefficient (Wildman–Crippen LogP) is 4.34. The fraction of sp³-hybridized carbons (Fsp3) is 0.185. The summed E-state index contributed by atoms with van der Waals surface area (Å²) in [4.78, 5) is 24.1. The molecule has 3 aromatic rings. The summed E-state index contributed by atoms with van der Waals surface area (Å²) in [6.45, 7) is 2.35. The lowest BCUT2D eigenvalue weighted by molar-refractivity contribution is 0.0526. The summed E-state index contributed by atoms with van der Waals surface area (Å²) in [6.07, 6.45) is -0.542. The molecule has 0 spiro atoms. The second-order valence-electron chi connectivity index (χ2n) is 7.50. The van der Waals surface area contributed by atoms with Crippen molar-refractivity contribution in [3.63, 3.8) is 0 Å². The number of nitrogens with two attached hydrogens (primary N) is 1. The number of nitrogen functional groups attached to an aromatic ring is 1. The zero-order chi connectivity index (χ0) is 23.2. The van der Waals surface area contributed by atoms with Crippen LogP contribution in [0.15, 0.2) is 66.7 Å². The van der Waals surface area contributed by atoms with E-state index in [1.54, 1.807) is 25.1 Å². The van der Waals surface area contributed by atoms with Crippen LogP contribution in [-0.4, -0.2) is 31.8 Å². The quantitative estimate of drug-likeness (QED) is 0.350. The van der Waals surface area contributed by atoms with Crippen LogP contribution in [0.4, 0.5) is 10.5 Å². The maximum absolute atomic E-state index is 12.2. The smallest absolute Gasteiger partial charge is 0.407 e. The van der Waals surface area contributed by atoms with Gasteiger partial charge in [-0.3, -0.25) is 0 Å². The van der Waals surface area contributed by atoms with E-state index in [4.69, 9.17) is 15.2 Å². The molecule has 3 N–H and O–H groups in total. The van der Waals surface area contributed by atoms with Gasteiger partial charge in [0, 0.05) is 17.2 Å². The van der Waals surface area contributed by atoms with Crippen LogP contribution >= 0.6 is 0 Å². The molecule has 1 aliphatic rings. The molecule has 0 saturated heterocycles. The highest BCUT2D eigenvalue weighted by Gasteiger charge is 2.28. The molecular weight excluding hydrogens is 416 g/mol. The van der Waals surface area contributed by atoms with E-state index in [9.17, 15) is 9.59 Å². The number of carbonyl (C=O) groups excluding carboxylic acids is 2. The van der Waals surface area contributed by atoms with Crippen LogP contribution < -0.4 is 11.1 Å². The van der Waals surface area contributed by atoms with E-state index in [1.807, 2.05) is 24.3 Å². The van der Waals surface area contributed by atoms with E-state index >= 15 is 0 Å². The van der Waals surface area contributed by atoms with Crippen molar-refractivity contribution >= 4 is 17.7 Å². The van der Waals surface area contributed by atoms with Gasteiger partial charge in [0.1, 0.15) is 6.61 Å². The zero-order valence-corrected chi connectivity index (χ0v) is 18.3. The van der Waals surface area contributed by atoms with Crippen molar-refractivity contribution in [1.29, 1.82) is 0 Å². The largest absolute Gasteiger partial charge is 0.462 e. The summed E-state index contributed by atoms with van der Waals surface area (Å²) in [5, 5.41) is 2.63. The summed E-state index contributed by atoms with van der Waals surface area (Å²) in [5.74, 6) is 5.28. The Morgan fingerprint density at radius 2 is 1.64 bits per heavy atom. The van der Waals surface area contributed by atoms with E-state index < -0.39 is 12.1 Å². The fourth-order valence-corrected chi connectivity index (χ4v) is 3.91. The van der Waals surface area contributed by atoms with Crippen LogP contribution in [0.25, 0.3) is 11.1 Å². The summed E-state index contributed by atoms with van der Waals surface area (Å²) in [6, 6.07) is 21.1. The molecule has 0 atom stereocenters. The standard InChI is InChI=1S/C27H24N2O4/c1-2-32-26(30)19-13-14-25(28)18(16-19)8-7-15-29-27(31)33-17-24-22-11-5-3-9-20(22)21-10-4-6-12-23(21)24/h3-6,9-14,16,24H,2,15,17,28H2,1H3,(H,29,31). The third kappa shape index (κ3) is 4.83. The lowest BCUT2D eigenvalue weighted by Crippen LogP contribution is -2.26. The number of amides is 1. The minimum absolute atomic E-state index is 0.000325. The van der Waals surface area contributed by atoms with Crippen LogP contribution in [0, 0.1) is 11.8 Å². The van der Waals surface area contributed by atoms with Crippen molar-refractivity contribution in [2.24, 2.45) is 0 Å². The van der Waals surface area contributed by atoms with E-state index in [2.05, 4.69) is 41.4 Å². The molecule has 0 unspecified atom stereocenters. The average molecular weight is 440 g/mol. The van der Waals surface area contributed by atoms with Gasteiger partial charge in [0.25, 0.3) is 0 Å². The SMILES string of the molecule is CCOC(=O)c1ccc(N)c(C#CCNC(=O)OCC2c3ccccc3-c3ccccc32)c1. The number of benzene rings is 3. The van der Waals surface area contributed by atoms with Crippen molar-refractivity contribution in [2.75, 3.05) is 25.5 Å². The first-order chi connectivity index (χ1) is 16.1. The van der Waals surface area contributed by atoms with Crippen LogP contribution in [0.3, 0.4) is 0 Å². The number of esters is 1. The number of fused-ring (bicyclic) bond motifs is 3. The summed E-state index contributed by atoms with van der Waals surface area (Å²) < 4.78 is 10.5. The van der Waals surface area contributed by atoms with Crippen molar-refractivity contribution in [2.45, 2.75) is 12.8 Å². The molecule has 0 radical (unpaired) electrons. The first-order valence-electron chi connectivity index (χ1n) is 10.7. The van der Waals surface area contributed by atoms with Gasteiger partial charge < -0.3 is 20.5 Å². The van der Waals surface area contributed by atoms with E-state index in [0.29, 0.717) is 16.8 Å². The number of anilines is 1. The molecule has 166 valence electrons. The molecule has 33 heavy (non-hydrogen) atoms. The number of hydrogen-bond acceptors (Lipinski definition) is 5. The Bertz CT molecular complexity index is 1210.